The van der Waals surface area contributed by atoms with E-state index in [0.717, 1.165) is 29.4 Å². The molecule has 5 heteroatoms. The van der Waals surface area contributed by atoms with Crippen molar-refractivity contribution in [3.63, 3.8) is 0 Å². The van der Waals surface area contributed by atoms with Crippen LogP contribution in [0.3, 0.4) is 0 Å². The normalized spacial score (nSPS) is 12.9. The van der Waals surface area contributed by atoms with Crippen LogP contribution in [0.4, 0.5) is 11.4 Å². The van der Waals surface area contributed by atoms with E-state index in [1.54, 1.807) is 0 Å². The molecule has 1 aliphatic rings. The third-order valence-corrected chi connectivity index (χ3v) is 3.65. The minimum absolute atomic E-state index is 0.589. The molecule has 0 unspecified atom stereocenters. The molecule has 0 radical (unpaired) electrons. The van der Waals surface area contributed by atoms with Crippen LogP contribution in [-0.4, -0.2) is 23.0 Å². The molecule has 0 bridgehead atoms. The van der Waals surface area contributed by atoms with Crippen LogP contribution in [0.15, 0.2) is 60.9 Å². The van der Waals surface area contributed by atoms with Gasteiger partial charge in [0.1, 0.15) is 13.2 Å². The summed E-state index contributed by atoms with van der Waals surface area (Å²) >= 11 is 0. The molecule has 2 aromatic carbocycles. The minimum Gasteiger partial charge on any atom is -0.486 e. The number of anilines is 2. The van der Waals surface area contributed by atoms with E-state index in [-0.39, 0.29) is 0 Å². The van der Waals surface area contributed by atoms with Crippen LogP contribution < -0.4 is 14.8 Å². The molecule has 5 nitrogen and oxygen atoms in total. The van der Waals surface area contributed by atoms with Crippen LogP contribution in [-0.2, 0) is 6.54 Å². The molecule has 2 heterocycles. The standard InChI is InChI=1S/C18H17N3O2/c1-2-4-14(5-3-1)12-21-13-16(11-19-21)20-15-6-7-17-18(10-15)23-9-8-22-17/h1-7,10-11,13,20H,8-9,12H2. The maximum atomic E-state index is 5.60. The molecule has 0 saturated heterocycles. The molecule has 0 aliphatic carbocycles. The molecule has 1 N–H and O–H groups in total. The molecular formula is C18H17N3O2. The number of nitrogens with zero attached hydrogens (tertiary/aromatic N) is 2. The van der Waals surface area contributed by atoms with Crippen LogP contribution in [0, 0.1) is 0 Å². The number of nitrogens with one attached hydrogen (secondary N) is 1. The van der Waals surface area contributed by atoms with Gasteiger partial charge in [-0.1, -0.05) is 30.3 Å². The van der Waals surface area contributed by atoms with E-state index >= 15 is 0 Å². The minimum atomic E-state index is 0.589. The van der Waals surface area contributed by atoms with E-state index in [1.807, 2.05) is 53.5 Å². The van der Waals surface area contributed by atoms with Crippen molar-refractivity contribution in [3.05, 3.63) is 66.5 Å². The first-order valence-electron chi connectivity index (χ1n) is 7.60. The van der Waals surface area contributed by atoms with E-state index in [1.165, 1.54) is 5.56 Å². The van der Waals surface area contributed by atoms with Gasteiger partial charge in [0.15, 0.2) is 11.5 Å². The summed E-state index contributed by atoms with van der Waals surface area (Å²) in [7, 11) is 0. The van der Waals surface area contributed by atoms with E-state index in [4.69, 9.17) is 9.47 Å². The number of hydrogen-bond donors (Lipinski definition) is 1. The lowest BCUT2D eigenvalue weighted by Crippen LogP contribution is -2.15. The number of benzene rings is 2. The highest BCUT2D eigenvalue weighted by atomic mass is 16.6. The van der Waals surface area contributed by atoms with Crippen LogP contribution in [0.2, 0.25) is 0 Å². The number of ether oxygens (including phenoxy) is 2. The van der Waals surface area contributed by atoms with Crippen molar-refractivity contribution in [2.75, 3.05) is 18.5 Å². The average molecular weight is 307 g/mol. The number of rotatable bonds is 4. The molecule has 0 amide bonds. The van der Waals surface area contributed by atoms with Gasteiger partial charge in [0, 0.05) is 18.0 Å². The van der Waals surface area contributed by atoms with Crippen molar-refractivity contribution in [2.45, 2.75) is 6.54 Å². The van der Waals surface area contributed by atoms with Crippen molar-refractivity contribution in [1.29, 1.82) is 0 Å². The van der Waals surface area contributed by atoms with E-state index in [2.05, 4.69) is 22.5 Å². The summed E-state index contributed by atoms with van der Waals surface area (Å²) in [6.07, 6.45) is 3.81. The summed E-state index contributed by atoms with van der Waals surface area (Å²) in [6.45, 7) is 1.95. The first-order valence-corrected chi connectivity index (χ1v) is 7.60. The van der Waals surface area contributed by atoms with Gasteiger partial charge in [0.2, 0.25) is 0 Å². The van der Waals surface area contributed by atoms with Crippen molar-refractivity contribution >= 4 is 11.4 Å². The SMILES string of the molecule is c1ccc(Cn2cc(Nc3ccc4c(c3)OCCO4)cn2)cc1. The lowest BCUT2D eigenvalue weighted by molar-refractivity contribution is 0.171. The Labute approximate surface area is 134 Å². The molecule has 0 spiro atoms. The zero-order chi connectivity index (χ0) is 15.5. The molecule has 4 rings (SSSR count). The summed E-state index contributed by atoms with van der Waals surface area (Å²) < 4.78 is 13.0. The Kier molecular flexibility index (Phi) is 3.60. The second-order valence-electron chi connectivity index (χ2n) is 5.40. The quantitative estimate of drug-likeness (QED) is 0.802. The lowest BCUT2D eigenvalue weighted by Gasteiger charge is -2.19. The van der Waals surface area contributed by atoms with Gasteiger partial charge in [0.05, 0.1) is 18.4 Å². The van der Waals surface area contributed by atoms with E-state index in [9.17, 15) is 0 Å². The molecular weight excluding hydrogens is 290 g/mol. The maximum Gasteiger partial charge on any atom is 0.163 e. The number of fused-ring (bicyclic) bond motifs is 1. The van der Waals surface area contributed by atoms with Gasteiger partial charge in [-0.2, -0.15) is 5.10 Å². The molecule has 0 fully saturated rings. The average Bonchev–Trinajstić information content (AvgIpc) is 3.02. The van der Waals surface area contributed by atoms with Crippen LogP contribution in [0.5, 0.6) is 11.5 Å². The van der Waals surface area contributed by atoms with Crippen molar-refractivity contribution in [1.82, 2.24) is 9.78 Å². The fourth-order valence-corrected chi connectivity index (χ4v) is 2.57. The Morgan fingerprint density at radius 3 is 2.65 bits per heavy atom. The molecule has 1 aromatic heterocycles. The third kappa shape index (κ3) is 3.13. The Hall–Kier alpha value is -2.95. The summed E-state index contributed by atoms with van der Waals surface area (Å²) in [5.74, 6) is 1.57. The predicted octanol–water partition coefficient (Wildman–Crippen LogP) is 3.45. The van der Waals surface area contributed by atoms with Gasteiger partial charge in [-0.25, -0.2) is 0 Å². The topological polar surface area (TPSA) is 48.3 Å². The van der Waals surface area contributed by atoms with Gasteiger partial charge in [-0.15, -0.1) is 0 Å². The molecule has 23 heavy (non-hydrogen) atoms. The van der Waals surface area contributed by atoms with Crippen molar-refractivity contribution in [2.24, 2.45) is 0 Å². The lowest BCUT2D eigenvalue weighted by atomic mass is 10.2. The third-order valence-electron chi connectivity index (χ3n) is 3.65. The first kappa shape index (κ1) is 13.7. The van der Waals surface area contributed by atoms with Crippen molar-refractivity contribution in [3.8, 4) is 11.5 Å². The van der Waals surface area contributed by atoms with E-state index < -0.39 is 0 Å². The Morgan fingerprint density at radius 1 is 0.957 bits per heavy atom. The first-order chi connectivity index (χ1) is 11.4. The summed E-state index contributed by atoms with van der Waals surface area (Å²) in [5.41, 5.74) is 3.12. The molecule has 3 aromatic rings. The van der Waals surface area contributed by atoms with Gasteiger partial charge in [-0.05, 0) is 17.7 Å². The highest BCUT2D eigenvalue weighted by Gasteiger charge is 2.12. The second kappa shape index (κ2) is 6.04. The summed E-state index contributed by atoms with van der Waals surface area (Å²) in [6, 6.07) is 16.1. The highest BCUT2D eigenvalue weighted by Crippen LogP contribution is 2.33. The number of hydrogen-bond acceptors (Lipinski definition) is 4. The summed E-state index contributed by atoms with van der Waals surface area (Å²) in [5, 5.41) is 7.73. The molecule has 1 aliphatic heterocycles. The Morgan fingerprint density at radius 2 is 1.78 bits per heavy atom. The van der Waals surface area contributed by atoms with Crippen LogP contribution in [0.1, 0.15) is 5.56 Å². The Balaban J connectivity index is 1.47. The van der Waals surface area contributed by atoms with Gasteiger partial charge >= 0.3 is 0 Å². The van der Waals surface area contributed by atoms with Crippen LogP contribution in [0.25, 0.3) is 0 Å². The maximum absolute atomic E-state index is 5.60. The monoisotopic (exact) mass is 307 g/mol. The zero-order valence-corrected chi connectivity index (χ0v) is 12.6. The van der Waals surface area contributed by atoms with Crippen molar-refractivity contribution < 1.29 is 9.47 Å². The van der Waals surface area contributed by atoms with Crippen LogP contribution >= 0.6 is 0 Å². The highest BCUT2D eigenvalue weighted by molar-refractivity contribution is 5.62. The summed E-state index contributed by atoms with van der Waals surface area (Å²) in [4.78, 5) is 0. The van der Waals surface area contributed by atoms with Gasteiger partial charge < -0.3 is 14.8 Å². The smallest absolute Gasteiger partial charge is 0.163 e. The molecule has 0 atom stereocenters. The second-order valence-corrected chi connectivity index (χ2v) is 5.40. The predicted molar refractivity (Wildman–Crippen MR) is 88.5 cm³/mol. The Bertz CT molecular complexity index is 799. The number of aromatic nitrogens is 2. The van der Waals surface area contributed by atoms with E-state index in [0.29, 0.717) is 13.2 Å². The molecule has 0 saturated carbocycles. The largest absolute Gasteiger partial charge is 0.486 e. The zero-order valence-electron chi connectivity index (χ0n) is 12.6. The fourth-order valence-electron chi connectivity index (χ4n) is 2.57. The molecule has 116 valence electrons. The fraction of sp³-hybridized carbons (Fsp3) is 0.167. The van der Waals surface area contributed by atoms with Gasteiger partial charge in [-0.3, -0.25) is 4.68 Å². The van der Waals surface area contributed by atoms with Gasteiger partial charge in [0.25, 0.3) is 0 Å².